The Hall–Kier alpha value is -3.38. The van der Waals surface area contributed by atoms with Crippen molar-refractivity contribution < 1.29 is 4.42 Å². The minimum absolute atomic E-state index is 0.0335. The molecule has 4 heterocycles. The van der Waals surface area contributed by atoms with Crippen molar-refractivity contribution in [2.24, 2.45) is 0 Å². The van der Waals surface area contributed by atoms with Gasteiger partial charge < -0.3 is 19.2 Å². The zero-order valence-electron chi connectivity index (χ0n) is 16.6. The Labute approximate surface area is 181 Å². The SMILES string of the molecule is Cc1ccc(-n2cccc2C2C(c3ccccn3)NC(=S)N2Cc2ccco2)cc1. The first kappa shape index (κ1) is 18.6. The van der Waals surface area contributed by atoms with Gasteiger partial charge in [-0.05, 0) is 67.7 Å². The van der Waals surface area contributed by atoms with E-state index < -0.39 is 0 Å². The number of benzene rings is 1. The molecule has 1 N–H and O–H groups in total. The number of hydrogen-bond acceptors (Lipinski definition) is 3. The van der Waals surface area contributed by atoms with Gasteiger partial charge in [-0.1, -0.05) is 23.8 Å². The zero-order valence-corrected chi connectivity index (χ0v) is 17.4. The first-order valence-electron chi connectivity index (χ1n) is 9.95. The molecule has 0 bridgehead atoms. The summed E-state index contributed by atoms with van der Waals surface area (Å²) < 4.78 is 7.85. The van der Waals surface area contributed by atoms with Crippen molar-refractivity contribution in [3.8, 4) is 5.69 Å². The minimum Gasteiger partial charge on any atom is -0.467 e. The third kappa shape index (κ3) is 3.39. The summed E-state index contributed by atoms with van der Waals surface area (Å²) in [5, 5.41) is 4.20. The zero-order chi connectivity index (χ0) is 20.5. The number of nitrogens with one attached hydrogen (secondary N) is 1. The van der Waals surface area contributed by atoms with E-state index in [0.717, 1.165) is 22.8 Å². The molecule has 2 unspecified atom stereocenters. The van der Waals surface area contributed by atoms with E-state index in [2.05, 4.69) is 69.3 Å². The quantitative estimate of drug-likeness (QED) is 0.469. The van der Waals surface area contributed by atoms with Gasteiger partial charge in [-0.3, -0.25) is 4.98 Å². The summed E-state index contributed by atoms with van der Waals surface area (Å²) in [7, 11) is 0. The summed E-state index contributed by atoms with van der Waals surface area (Å²) >= 11 is 5.75. The van der Waals surface area contributed by atoms with E-state index in [4.69, 9.17) is 16.6 Å². The van der Waals surface area contributed by atoms with E-state index in [-0.39, 0.29) is 12.1 Å². The van der Waals surface area contributed by atoms with Crippen LogP contribution in [0.15, 0.2) is 89.8 Å². The molecule has 1 fully saturated rings. The van der Waals surface area contributed by atoms with Crippen LogP contribution in [0.4, 0.5) is 0 Å². The molecule has 4 aromatic rings. The van der Waals surface area contributed by atoms with Crippen LogP contribution in [0.1, 0.15) is 34.8 Å². The van der Waals surface area contributed by atoms with Crippen LogP contribution in [-0.4, -0.2) is 19.6 Å². The fraction of sp³-hybridized carbons (Fsp3) is 0.167. The van der Waals surface area contributed by atoms with Gasteiger partial charge in [0.05, 0.1) is 30.6 Å². The first-order chi connectivity index (χ1) is 14.7. The molecule has 0 saturated carbocycles. The van der Waals surface area contributed by atoms with E-state index in [1.165, 1.54) is 5.56 Å². The number of furan rings is 1. The van der Waals surface area contributed by atoms with Crippen molar-refractivity contribution in [3.63, 3.8) is 0 Å². The Morgan fingerprint density at radius 2 is 1.90 bits per heavy atom. The average molecular weight is 415 g/mol. The summed E-state index contributed by atoms with van der Waals surface area (Å²) in [6, 6.07) is 22.6. The number of pyridine rings is 1. The van der Waals surface area contributed by atoms with Gasteiger partial charge in [-0.15, -0.1) is 0 Å². The van der Waals surface area contributed by atoms with Crippen molar-refractivity contribution in [2.75, 3.05) is 0 Å². The molecule has 0 radical (unpaired) electrons. The summed E-state index contributed by atoms with van der Waals surface area (Å²) in [6.07, 6.45) is 5.62. The standard InChI is InChI=1S/C24H22N4OS/c1-17-9-11-18(12-10-17)27-14-4-8-21(27)23-22(20-7-2-3-13-25-20)26-24(30)28(23)16-19-6-5-15-29-19/h2-15,22-23H,16H2,1H3,(H,26,30). The van der Waals surface area contributed by atoms with Crippen molar-refractivity contribution in [1.29, 1.82) is 0 Å². The second kappa shape index (κ2) is 7.80. The number of rotatable bonds is 5. The van der Waals surface area contributed by atoms with Gasteiger partial charge in [0.2, 0.25) is 0 Å². The smallest absolute Gasteiger partial charge is 0.170 e. The van der Waals surface area contributed by atoms with Crippen molar-refractivity contribution >= 4 is 17.3 Å². The second-order valence-electron chi connectivity index (χ2n) is 7.47. The minimum atomic E-state index is -0.0623. The molecular formula is C24H22N4OS. The lowest BCUT2D eigenvalue weighted by atomic mass is 10.0. The molecule has 6 heteroatoms. The normalized spacial score (nSPS) is 18.6. The lowest BCUT2D eigenvalue weighted by Gasteiger charge is -2.28. The number of aromatic nitrogens is 2. The van der Waals surface area contributed by atoms with Crippen molar-refractivity contribution in [2.45, 2.75) is 25.6 Å². The number of thiocarbonyl (C=S) groups is 1. The van der Waals surface area contributed by atoms with Crippen LogP contribution >= 0.6 is 12.2 Å². The summed E-state index contributed by atoms with van der Waals surface area (Å²) in [5.41, 5.74) is 4.47. The van der Waals surface area contributed by atoms with Crippen molar-refractivity contribution in [3.05, 3.63) is 108 Å². The highest BCUT2D eigenvalue weighted by Gasteiger charge is 2.41. The molecule has 30 heavy (non-hydrogen) atoms. The highest BCUT2D eigenvalue weighted by molar-refractivity contribution is 7.80. The lowest BCUT2D eigenvalue weighted by molar-refractivity contribution is 0.280. The van der Waals surface area contributed by atoms with Gasteiger partial charge in [0.15, 0.2) is 5.11 Å². The Morgan fingerprint density at radius 3 is 2.63 bits per heavy atom. The van der Waals surface area contributed by atoms with Crippen LogP contribution in [0.5, 0.6) is 0 Å². The van der Waals surface area contributed by atoms with Gasteiger partial charge in [-0.25, -0.2) is 0 Å². The molecule has 150 valence electrons. The summed E-state index contributed by atoms with van der Waals surface area (Å²) in [6.45, 7) is 2.69. The van der Waals surface area contributed by atoms with E-state index in [1.54, 1.807) is 6.26 Å². The summed E-state index contributed by atoms with van der Waals surface area (Å²) in [4.78, 5) is 6.81. The first-order valence-corrected chi connectivity index (χ1v) is 10.4. The fourth-order valence-corrected chi connectivity index (χ4v) is 4.35. The molecule has 2 atom stereocenters. The molecule has 1 aliphatic heterocycles. The Kier molecular flexibility index (Phi) is 4.85. The maximum atomic E-state index is 5.75. The average Bonchev–Trinajstić information content (AvgIpc) is 3.51. The van der Waals surface area contributed by atoms with Crippen LogP contribution in [0.25, 0.3) is 5.69 Å². The highest BCUT2D eigenvalue weighted by Crippen LogP contribution is 2.40. The van der Waals surface area contributed by atoms with Crippen LogP contribution < -0.4 is 5.32 Å². The van der Waals surface area contributed by atoms with Crippen LogP contribution in [0.2, 0.25) is 0 Å². The Morgan fingerprint density at radius 1 is 1.03 bits per heavy atom. The number of aryl methyl sites for hydroxylation is 1. The van der Waals surface area contributed by atoms with Crippen molar-refractivity contribution in [1.82, 2.24) is 19.8 Å². The summed E-state index contributed by atoms with van der Waals surface area (Å²) in [5.74, 6) is 0.874. The molecule has 3 aromatic heterocycles. The molecule has 0 spiro atoms. The Balaban J connectivity index is 1.60. The van der Waals surface area contributed by atoms with Gasteiger partial charge in [0.25, 0.3) is 0 Å². The van der Waals surface area contributed by atoms with E-state index in [0.29, 0.717) is 11.7 Å². The Bertz CT molecular complexity index is 1140. The molecule has 1 aliphatic rings. The molecular weight excluding hydrogens is 392 g/mol. The van der Waals surface area contributed by atoms with E-state index in [9.17, 15) is 0 Å². The molecule has 0 aliphatic carbocycles. The highest BCUT2D eigenvalue weighted by atomic mass is 32.1. The molecule has 1 saturated heterocycles. The molecule has 0 amide bonds. The molecule has 5 nitrogen and oxygen atoms in total. The third-order valence-corrected chi connectivity index (χ3v) is 5.85. The maximum Gasteiger partial charge on any atom is 0.170 e. The maximum absolute atomic E-state index is 5.75. The molecule has 1 aromatic carbocycles. The fourth-order valence-electron chi connectivity index (χ4n) is 4.04. The largest absolute Gasteiger partial charge is 0.467 e. The number of nitrogens with zero attached hydrogens (tertiary/aromatic N) is 3. The van der Waals surface area contributed by atoms with E-state index in [1.807, 2.05) is 36.5 Å². The van der Waals surface area contributed by atoms with Gasteiger partial charge >= 0.3 is 0 Å². The predicted molar refractivity (Wildman–Crippen MR) is 120 cm³/mol. The van der Waals surface area contributed by atoms with Crippen LogP contribution in [-0.2, 0) is 6.54 Å². The van der Waals surface area contributed by atoms with Gasteiger partial charge in [0.1, 0.15) is 5.76 Å². The van der Waals surface area contributed by atoms with Gasteiger partial charge in [0, 0.05) is 23.8 Å². The third-order valence-electron chi connectivity index (χ3n) is 5.50. The monoisotopic (exact) mass is 414 g/mol. The topological polar surface area (TPSA) is 46.2 Å². The van der Waals surface area contributed by atoms with E-state index >= 15 is 0 Å². The van der Waals surface area contributed by atoms with Crippen LogP contribution in [0.3, 0.4) is 0 Å². The second-order valence-corrected chi connectivity index (χ2v) is 7.86. The van der Waals surface area contributed by atoms with Gasteiger partial charge in [-0.2, -0.15) is 0 Å². The molecule has 5 rings (SSSR count). The predicted octanol–water partition coefficient (Wildman–Crippen LogP) is 4.95. The van der Waals surface area contributed by atoms with Crippen LogP contribution in [0, 0.1) is 6.92 Å². The number of hydrogen-bond donors (Lipinski definition) is 1. The lowest BCUT2D eigenvalue weighted by Crippen LogP contribution is -2.29.